The average molecular weight is 817 g/mol. The van der Waals surface area contributed by atoms with E-state index in [1.807, 2.05) is 0 Å². The highest BCUT2D eigenvalue weighted by Crippen LogP contribution is 2.12. The van der Waals surface area contributed by atoms with E-state index in [4.69, 9.17) is 14.2 Å². The summed E-state index contributed by atoms with van der Waals surface area (Å²) in [7, 11) is 0. The second-order valence-corrected chi connectivity index (χ2v) is 14.9. The standard InChI is InChI=1S/C53H84O6/c1-4-7-10-13-16-19-22-25-26-27-28-29-32-34-37-40-43-46-52(55)58-49-50(59-53(56)47-44-41-38-35-31-24-21-18-15-12-9-6-3)48-57-51(54)45-42-39-36-33-30-23-20-17-14-11-8-5-2/h7-12,16-21,25-26,28-29,34,37,50H,4-6,13-15,22-24,27,30-33,35-36,38-49H2,1-3H3/b10-7-,11-8-,12-9-,19-16-,20-17-,21-18-,26-25-,29-28-,37-34-. The summed E-state index contributed by atoms with van der Waals surface area (Å²) >= 11 is 0. The number of carbonyl (C=O) groups is 3. The van der Waals surface area contributed by atoms with Crippen LogP contribution in [0.5, 0.6) is 0 Å². The third-order valence-electron chi connectivity index (χ3n) is 9.25. The zero-order chi connectivity index (χ0) is 43.0. The number of carbonyl (C=O) groups excluding carboxylic acids is 3. The molecule has 0 saturated heterocycles. The third-order valence-corrected chi connectivity index (χ3v) is 9.25. The molecule has 0 aromatic heterocycles. The van der Waals surface area contributed by atoms with Gasteiger partial charge < -0.3 is 14.2 Å². The van der Waals surface area contributed by atoms with E-state index in [-0.39, 0.29) is 37.5 Å². The summed E-state index contributed by atoms with van der Waals surface area (Å²) in [4.78, 5) is 37.8. The van der Waals surface area contributed by atoms with Crippen LogP contribution in [0.3, 0.4) is 0 Å². The summed E-state index contributed by atoms with van der Waals surface area (Å²) in [6, 6.07) is 0. The van der Waals surface area contributed by atoms with Crippen LogP contribution in [0.1, 0.15) is 188 Å². The fourth-order valence-corrected chi connectivity index (χ4v) is 5.84. The zero-order valence-corrected chi connectivity index (χ0v) is 37.7. The van der Waals surface area contributed by atoms with Crippen LogP contribution in [0.2, 0.25) is 0 Å². The normalized spacial score (nSPS) is 13.1. The van der Waals surface area contributed by atoms with Crippen molar-refractivity contribution in [1.29, 1.82) is 0 Å². The summed E-state index contributed by atoms with van der Waals surface area (Å²) in [6.45, 7) is 6.20. The van der Waals surface area contributed by atoms with Crippen LogP contribution in [-0.2, 0) is 28.6 Å². The van der Waals surface area contributed by atoms with Crippen LogP contribution >= 0.6 is 0 Å². The second-order valence-electron chi connectivity index (χ2n) is 14.9. The third kappa shape index (κ3) is 45.0. The van der Waals surface area contributed by atoms with E-state index in [1.54, 1.807) is 0 Å². The van der Waals surface area contributed by atoms with Gasteiger partial charge in [0.1, 0.15) is 13.2 Å². The molecule has 0 aliphatic heterocycles. The molecule has 0 aromatic rings. The Morgan fingerprint density at radius 3 is 1.02 bits per heavy atom. The molecule has 0 aliphatic carbocycles. The van der Waals surface area contributed by atoms with E-state index >= 15 is 0 Å². The molecule has 1 atom stereocenters. The Bertz CT molecular complexity index is 1260. The number of hydrogen-bond acceptors (Lipinski definition) is 6. The summed E-state index contributed by atoms with van der Waals surface area (Å²) in [6.07, 6.45) is 62.2. The minimum atomic E-state index is -0.814. The van der Waals surface area contributed by atoms with Crippen LogP contribution in [0.4, 0.5) is 0 Å². The van der Waals surface area contributed by atoms with Gasteiger partial charge in [0, 0.05) is 19.3 Å². The van der Waals surface area contributed by atoms with Crippen LogP contribution in [0, 0.1) is 0 Å². The fourth-order valence-electron chi connectivity index (χ4n) is 5.84. The Hall–Kier alpha value is -3.93. The molecule has 0 saturated carbocycles. The summed E-state index contributed by atoms with van der Waals surface area (Å²) in [5.41, 5.74) is 0. The molecular weight excluding hydrogens is 733 g/mol. The highest BCUT2D eigenvalue weighted by atomic mass is 16.6. The minimum Gasteiger partial charge on any atom is -0.462 e. The van der Waals surface area contributed by atoms with Gasteiger partial charge in [-0.05, 0) is 109 Å². The molecule has 0 spiro atoms. The SMILES string of the molecule is CC/C=C\C/C=C\C/C=C\C/C=C\C/C=C\CCCC(=O)OCC(COC(=O)CCCCCCC/C=C\C/C=C\CC)OC(=O)CCCCCCC/C=C\C/C=C\CC. The Kier molecular flexibility index (Phi) is 43.6. The number of unbranched alkanes of at least 4 members (excludes halogenated alkanes) is 11. The van der Waals surface area contributed by atoms with Crippen molar-refractivity contribution in [3.8, 4) is 0 Å². The Morgan fingerprint density at radius 2 is 0.627 bits per heavy atom. The number of esters is 3. The first-order chi connectivity index (χ1) is 29.0. The van der Waals surface area contributed by atoms with Gasteiger partial charge in [-0.1, -0.05) is 169 Å². The topological polar surface area (TPSA) is 78.9 Å². The van der Waals surface area contributed by atoms with Crippen molar-refractivity contribution in [3.63, 3.8) is 0 Å². The average Bonchev–Trinajstić information content (AvgIpc) is 3.23. The lowest BCUT2D eigenvalue weighted by molar-refractivity contribution is -0.167. The zero-order valence-electron chi connectivity index (χ0n) is 37.7. The second kappa shape index (κ2) is 46.8. The Morgan fingerprint density at radius 1 is 0.339 bits per heavy atom. The largest absolute Gasteiger partial charge is 0.462 e. The van der Waals surface area contributed by atoms with Gasteiger partial charge in [0.05, 0.1) is 0 Å². The van der Waals surface area contributed by atoms with Gasteiger partial charge in [-0.25, -0.2) is 0 Å². The lowest BCUT2D eigenvalue weighted by Gasteiger charge is -2.18. The summed E-state index contributed by atoms with van der Waals surface area (Å²) in [5, 5.41) is 0. The molecule has 0 amide bonds. The Labute approximate surface area is 361 Å². The van der Waals surface area contributed by atoms with Crippen LogP contribution in [0.15, 0.2) is 109 Å². The minimum absolute atomic E-state index is 0.112. The molecule has 0 aromatic carbocycles. The Balaban J connectivity index is 4.52. The first kappa shape index (κ1) is 55.1. The fraction of sp³-hybridized carbons (Fsp3) is 0.604. The number of hydrogen-bond donors (Lipinski definition) is 0. The maximum Gasteiger partial charge on any atom is 0.306 e. The van der Waals surface area contributed by atoms with Crippen molar-refractivity contribution < 1.29 is 28.6 Å². The molecule has 0 N–H and O–H groups in total. The molecule has 0 bridgehead atoms. The van der Waals surface area contributed by atoms with E-state index in [0.717, 1.165) is 141 Å². The molecule has 6 heteroatoms. The molecule has 0 fully saturated rings. The van der Waals surface area contributed by atoms with Crippen LogP contribution in [-0.4, -0.2) is 37.2 Å². The lowest BCUT2D eigenvalue weighted by atomic mass is 10.1. The first-order valence-corrected chi connectivity index (χ1v) is 23.4. The van der Waals surface area contributed by atoms with E-state index in [0.29, 0.717) is 19.3 Å². The highest BCUT2D eigenvalue weighted by molar-refractivity contribution is 5.71. The molecule has 0 rings (SSSR count). The summed E-state index contributed by atoms with van der Waals surface area (Å²) < 4.78 is 16.6. The van der Waals surface area contributed by atoms with Gasteiger partial charge in [-0.2, -0.15) is 0 Å². The van der Waals surface area contributed by atoms with Gasteiger partial charge in [0.2, 0.25) is 0 Å². The van der Waals surface area contributed by atoms with Crippen LogP contribution in [0.25, 0.3) is 0 Å². The maximum atomic E-state index is 12.7. The van der Waals surface area contributed by atoms with Crippen molar-refractivity contribution in [2.45, 2.75) is 194 Å². The van der Waals surface area contributed by atoms with Crippen molar-refractivity contribution in [2.24, 2.45) is 0 Å². The maximum absolute atomic E-state index is 12.7. The molecule has 0 aliphatic rings. The van der Waals surface area contributed by atoms with Gasteiger partial charge >= 0.3 is 17.9 Å². The van der Waals surface area contributed by atoms with Gasteiger partial charge in [0.15, 0.2) is 6.10 Å². The monoisotopic (exact) mass is 817 g/mol. The number of allylic oxidation sites excluding steroid dienone is 18. The van der Waals surface area contributed by atoms with Crippen LogP contribution < -0.4 is 0 Å². The number of rotatable bonds is 40. The van der Waals surface area contributed by atoms with E-state index in [1.165, 1.54) is 0 Å². The van der Waals surface area contributed by atoms with Gasteiger partial charge in [-0.3, -0.25) is 14.4 Å². The molecule has 6 nitrogen and oxygen atoms in total. The van der Waals surface area contributed by atoms with Crippen molar-refractivity contribution in [3.05, 3.63) is 109 Å². The summed E-state index contributed by atoms with van der Waals surface area (Å²) in [5.74, 6) is -1.01. The lowest BCUT2D eigenvalue weighted by Crippen LogP contribution is -2.30. The smallest absolute Gasteiger partial charge is 0.306 e. The molecule has 0 heterocycles. The van der Waals surface area contributed by atoms with Crippen molar-refractivity contribution in [1.82, 2.24) is 0 Å². The predicted molar refractivity (Wildman–Crippen MR) is 251 cm³/mol. The molecular formula is C53H84O6. The first-order valence-electron chi connectivity index (χ1n) is 23.4. The van der Waals surface area contributed by atoms with E-state index in [2.05, 4.69) is 130 Å². The predicted octanol–water partition coefficient (Wildman–Crippen LogP) is 15.2. The number of ether oxygens (including phenoxy) is 3. The van der Waals surface area contributed by atoms with Gasteiger partial charge in [-0.15, -0.1) is 0 Å². The highest BCUT2D eigenvalue weighted by Gasteiger charge is 2.19. The van der Waals surface area contributed by atoms with E-state index in [9.17, 15) is 14.4 Å². The van der Waals surface area contributed by atoms with E-state index < -0.39 is 6.10 Å². The molecule has 59 heavy (non-hydrogen) atoms. The molecule has 0 radical (unpaired) electrons. The molecule has 1 unspecified atom stereocenters. The van der Waals surface area contributed by atoms with Crippen molar-refractivity contribution in [2.75, 3.05) is 13.2 Å². The molecule has 332 valence electrons. The van der Waals surface area contributed by atoms with Crippen molar-refractivity contribution >= 4 is 17.9 Å². The quantitative estimate of drug-likeness (QED) is 0.0265. The van der Waals surface area contributed by atoms with Gasteiger partial charge in [0.25, 0.3) is 0 Å².